The number of nitrogens with one attached hydrogen (secondary N) is 1. The molecular weight excluding hydrogens is 260 g/mol. The molecule has 3 nitrogen and oxygen atoms in total. The first-order valence-electron chi connectivity index (χ1n) is 8.02. The normalized spacial score (nSPS) is 23.3. The predicted molar refractivity (Wildman–Crippen MR) is 87.0 cm³/mol. The molecule has 3 heteroatoms. The molecule has 116 valence electrons. The SMILES string of the molecule is Cc1ccc(CN2CC(C)CC(NC(=O)C(C)C)C2)cc1. The fraction of sp³-hybridized carbons (Fsp3) is 0.611. The minimum Gasteiger partial charge on any atom is -0.352 e. The van der Waals surface area contributed by atoms with E-state index in [0.29, 0.717) is 5.92 Å². The highest BCUT2D eigenvalue weighted by Gasteiger charge is 2.26. The smallest absolute Gasteiger partial charge is 0.222 e. The number of benzene rings is 1. The Morgan fingerprint density at radius 2 is 1.95 bits per heavy atom. The highest BCUT2D eigenvalue weighted by atomic mass is 16.1. The Labute approximate surface area is 128 Å². The summed E-state index contributed by atoms with van der Waals surface area (Å²) in [6.07, 6.45) is 1.09. The van der Waals surface area contributed by atoms with Gasteiger partial charge in [0.2, 0.25) is 5.91 Å². The van der Waals surface area contributed by atoms with Crippen molar-refractivity contribution >= 4 is 5.91 Å². The second-order valence-corrected chi connectivity index (χ2v) is 6.88. The zero-order chi connectivity index (χ0) is 15.4. The van der Waals surface area contributed by atoms with Crippen LogP contribution in [0, 0.1) is 18.8 Å². The highest BCUT2D eigenvalue weighted by Crippen LogP contribution is 2.19. The fourth-order valence-electron chi connectivity index (χ4n) is 3.01. The molecule has 21 heavy (non-hydrogen) atoms. The molecule has 1 N–H and O–H groups in total. The maximum absolute atomic E-state index is 11.9. The summed E-state index contributed by atoms with van der Waals surface area (Å²) >= 11 is 0. The molecule has 1 fully saturated rings. The molecule has 0 saturated carbocycles. The maximum Gasteiger partial charge on any atom is 0.222 e. The Morgan fingerprint density at radius 3 is 2.57 bits per heavy atom. The Hall–Kier alpha value is -1.35. The third-order valence-electron chi connectivity index (χ3n) is 4.13. The van der Waals surface area contributed by atoms with Crippen molar-refractivity contribution in [3.8, 4) is 0 Å². The van der Waals surface area contributed by atoms with Crippen molar-refractivity contribution in [1.82, 2.24) is 10.2 Å². The van der Waals surface area contributed by atoms with Crippen LogP contribution in [0.1, 0.15) is 38.3 Å². The number of carbonyl (C=O) groups excluding carboxylic acids is 1. The lowest BCUT2D eigenvalue weighted by molar-refractivity contribution is -0.125. The molecular formula is C18H28N2O. The van der Waals surface area contributed by atoms with E-state index in [9.17, 15) is 4.79 Å². The van der Waals surface area contributed by atoms with Crippen LogP contribution in [0.5, 0.6) is 0 Å². The van der Waals surface area contributed by atoms with Gasteiger partial charge >= 0.3 is 0 Å². The summed E-state index contributed by atoms with van der Waals surface area (Å²) in [5.41, 5.74) is 2.65. The van der Waals surface area contributed by atoms with Gasteiger partial charge in [0.1, 0.15) is 0 Å². The second kappa shape index (κ2) is 7.08. The number of likely N-dealkylation sites (tertiary alicyclic amines) is 1. The quantitative estimate of drug-likeness (QED) is 0.924. The zero-order valence-electron chi connectivity index (χ0n) is 13.7. The highest BCUT2D eigenvalue weighted by molar-refractivity contribution is 5.78. The lowest BCUT2D eigenvalue weighted by Gasteiger charge is -2.37. The summed E-state index contributed by atoms with van der Waals surface area (Å²) in [5, 5.41) is 3.19. The molecule has 1 saturated heterocycles. The van der Waals surface area contributed by atoms with Crippen molar-refractivity contribution < 1.29 is 4.79 Å². The van der Waals surface area contributed by atoms with Gasteiger partial charge in [-0.05, 0) is 24.8 Å². The van der Waals surface area contributed by atoms with Gasteiger partial charge in [0, 0.05) is 31.6 Å². The molecule has 0 aromatic heterocycles. The molecule has 2 unspecified atom stereocenters. The summed E-state index contributed by atoms with van der Waals surface area (Å²) in [6.45, 7) is 11.3. The summed E-state index contributed by atoms with van der Waals surface area (Å²) in [7, 11) is 0. The molecule has 0 bridgehead atoms. The Kier molecular flexibility index (Phi) is 5.40. The van der Waals surface area contributed by atoms with E-state index in [1.165, 1.54) is 11.1 Å². The van der Waals surface area contributed by atoms with Crippen LogP contribution >= 0.6 is 0 Å². The van der Waals surface area contributed by atoms with E-state index >= 15 is 0 Å². The van der Waals surface area contributed by atoms with E-state index in [0.717, 1.165) is 26.1 Å². The molecule has 2 atom stereocenters. The monoisotopic (exact) mass is 288 g/mol. The average molecular weight is 288 g/mol. The number of amides is 1. The first kappa shape index (κ1) is 16.0. The van der Waals surface area contributed by atoms with Crippen molar-refractivity contribution in [2.75, 3.05) is 13.1 Å². The van der Waals surface area contributed by atoms with Crippen LogP contribution < -0.4 is 5.32 Å². The van der Waals surface area contributed by atoms with Gasteiger partial charge in [-0.2, -0.15) is 0 Å². The molecule has 1 amide bonds. The zero-order valence-corrected chi connectivity index (χ0v) is 13.7. The van der Waals surface area contributed by atoms with Crippen LogP contribution in [-0.4, -0.2) is 29.9 Å². The first-order valence-corrected chi connectivity index (χ1v) is 8.02. The largest absolute Gasteiger partial charge is 0.352 e. The van der Waals surface area contributed by atoms with Crippen molar-refractivity contribution in [2.45, 2.75) is 46.7 Å². The van der Waals surface area contributed by atoms with Gasteiger partial charge in [0.25, 0.3) is 0 Å². The molecule has 1 aliphatic heterocycles. The molecule has 1 aliphatic rings. The Bertz CT molecular complexity index is 467. The summed E-state index contributed by atoms with van der Waals surface area (Å²) in [4.78, 5) is 14.4. The lowest BCUT2D eigenvalue weighted by Crippen LogP contribution is -2.50. The van der Waals surface area contributed by atoms with Gasteiger partial charge in [-0.1, -0.05) is 50.6 Å². The molecule has 2 rings (SSSR count). The third-order valence-corrected chi connectivity index (χ3v) is 4.13. The van der Waals surface area contributed by atoms with Crippen LogP contribution in [0.3, 0.4) is 0 Å². The van der Waals surface area contributed by atoms with Crippen molar-refractivity contribution in [3.05, 3.63) is 35.4 Å². The second-order valence-electron chi connectivity index (χ2n) is 6.88. The fourth-order valence-corrected chi connectivity index (χ4v) is 3.01. The third kappa shape index (κ3) is 4.85. The number of piperidine rings is 1. The molecule has 0 radical (unpaired) electrons. The van der Waals surface area contributed by atoms with E-state index in [4.69, 9.17) is 0 Å². The Balaban J connectivity index is 1.94. The molecule has 1 aromatic carbocycles. The van der Waals surface area contributed by atoms with Crippen molar-refractivity contribution in [2.24, 2.45) is 11.8 Å². The molecule has 1 aromatic rings. The summed E-state index contributed by atoms with van der Waals surface area (Å²) in [6, 6.07) is 9.03. The van der Waals surface area contributed by atoms with Crippen LogP contribution in [0.15, 0.2) is 24.3 Å². The van der Waals surface area contributed by atoms with E-state index in [1.807, 2.05) is 13.8 Å². The average Bonchev–Trinajstić information content (AvgIpc) is 2.40. The van der Waals surface area contributed by atoms with Gasteiger partial charge in [-0.15, -0.1) is 0 Å². The predicted octanol–water partition coefficient (Wildman–Crippen LogP) is 2.98. The minimum atomic E-state index is 0.0628. The van der Waals surface area contributed by atoms with E-state index in [2.05, 4.69) is 48.3 Å². The molecule has 0 aliphatic carbocycles. The number of carbonyl (C=O) groups is 1. The van der Waals surface area contributed by atoms with Crippen molar-refractivity contribution in [1.29, 1.82) is 0 Å². The first-order chi connectivity index (χ1) is 9.94. The number of aryl methyl sites for hydroxylation is 1. The number of hydrogen-bond acceptors (Lipinski definition) is 2. The van der Waals surface area contributed by atoms with Crippen LogP contribution in [0.4, 0.5) is 0 Å². The Morgan fingerprint density at radius 1 is 1.29 bits per heavy atom. The number of hydrogen-bond donors (Lipinski definition) is 1. The summed E-state index contributed by atoms with van der Waals surface area (Å²) < 4.78 is 0. The van der Waals surface area contributed by atoms with Gasteiger partial charge in [0.15, 0.2) is 0 Å². The van der Waals surface area contributed by atoms with Gasteiger partial charge in [0.05, 0.1) is 0 Å². The van der Waals surface area contributed by atoms with Gasteiger partial charge in [-0.3, -0.25) is 9.69 Å². The van der Waals surface area contributed by atoms with Crippen molar-refractivity contribution in [3.63, 3.8) is 0 Å². The van der Waals surface area contributed by atoms with E-state index < -0.39 is 0 Å². The number of nitrogens with zero attached hydrogens (tertiary/aromatic N) is 1. The maximum atomic E-state index is 11.9. The molecule has 0 spiro atoms. The van der Waals surface area contributed by atoms with E-state index in [-0.39, 0.29) is 17.9 Å². The van der Waals surface area contributed by atoms with Crippen LogP contribution in [-0.2, 0) is 11.3 Å². The minimum absolute atomic E-state index is 0.0628. The van der Waals surface area contributed by atoms with Gasteiger partial charge in [-0.25, -0.2) is 0 Å². The number of rotatable bonds is 4. The van der Waals surface area contributed by atoms with Crippen LogP contribution in [0.25, 0.3) is 0 Å². The molecule has 1 heterocycles. The van der Waals surface area contributed by atoms with E-state index in [1.54, 1.807) is 0 Å². The van der Waals surface area contributed by atoms with Gasteiger partial charge < -0.3 is 5.32 Å². The topological polar surface area (TPSA) is 32.3 Å². The van der Waals surface area contributed by atoms with Crippen LogP contribution in [0.2, 0.25) is 0 Å². The lowest BCUT2D eigenvalue weighted by atomic mass is 9.95. The standard InChI is InChI=1S/C18H28N2O/c1-13(2)18(21)19-17-9-15(4)10-20(12-17)11-16-7-5-14(3)6-8-16/h5-8,13,15,17H,9-12H2,1-4H3,(H,19,21). The summed E-state index contributed by atoms with van der Waals surface area (Å²) in [5.74, 6) is 0.860.